The molecule has 0 spiro atoms. The molecule has 0 rings (SSSR count). The molecular weight excluding hydrogens is 336 g/mol. The summed E-state index contributed by atoms with van der Waals surface area (Å²) in [5, 5.41) is 9.61. The van der Waals surface area contributed by atoms with Crippen molar-refractivity contribution < 1.29 is 9.53 Å². The second-order valence-corrected chi connectivity index (χ2v) is 8.05. The lowest BCUT2D eigenvalue weighted by Crippen LogP contribution is -2.49. The van der Waals surface area contributed by atoms with Crippen molar-refractivity contribution in [2.75, 3.05) is 32.1 Å². The van der Waals surface area contributed by atoms with Crippen LogP contribution in [0.5, 0.6) is 0 Å². The third-order valence-electron chi connectivity index (χ3n) is 3.43. The van der Waals surface area contributed by atoms with E-state index in [9.17, 15) is 4.79 Å². The molecule has 0 aliphatic rings. The van der Waals surface area contributed by atoms with Crippen LogP contribution in [-0.4, -0.2) is 55.8 Å². The molecule has 0 aromatic rings. The van der Waals surface area contributed by atoms with Crippen molar-refractivity contribution in [2.24, 2.45) is 4.99 Å². The van der Waals surface area contributed by atoms with Crippen molar-refractivity contribution in [3.63, 3.8) is 0 Å². The second kappa shape index (κ2) is 14.1. The van der Waals surface area contributed by atoms with Crippen LogP contribution in [0.2, 0.25) is 0 Å². The van der Waals surface area contributed by atoms with E-state index in [0.717, 1.165) is 38.2 Å². The highest BCUT2D eigenvalue weighted by atomic mass is 32.2. The highest BCUT2D eigenvalue weighted by Gasteiger charge is 2.17. The number of alkyl carbamates (subject to hydrolysis) is 1. The van der Waals surface area contributed by atoms with Crippen molar-refractivity contribution in [3.8, 4) is 0 Å². The van der Waals surface area contributed by atoms with E-state index in [1.807, 2.05) is 32.5 Å². The number of thioether (sulfide) groups is 1. The first-order chi connectivity index (χ1) is 11.8. The van der Waals surface area contributed by atoms with Crippen LogP contribution in [-0.2, 0) is 4.74 Å². The van der Waals surface area contributed by atoms with Crippen LogP contribution in [0.4, 0.5) is 4.79 Å². The minimum Gasteiger partial charge on any atom is -0.444 e. The zero-order valence-corrected chi connectivity index (χ0v) is 17.7. The first-order valence-electron chi connectivity index (χ1n) is 9.25. The number of hydrogen-bond donors (Lipinski definition) is 3. The molecule has 6 nitrogen and oxygen atoms in total. The highest BCUT2D eigenvalue weighted by molar-refractivity contribution is 7.98. The molecule has 0 aromatic carbocycles. The maximum Gasteiger partial charge on any atom is 0.407 e. The summed E-state index contributed by atoms with van der Waals surface area (Å²) in [6.45, 7) is 9.17. The minimum absolute atomic E-state index is 0.130. The van der Waals surface area contributed by atoms with Crippen LogP contribution >= 0.6 is 11.8 Å². The second-order valence-electron chi connectivity index (χ2n) is 7.07. The summed E-state index contributed by atoms with van der Waals surface area (Å²) >= 11 is 1.87. The van der Waals surface area contributed by atoms with Gasteiger partial charge in [-0.1, -0.05) is 19.8 Å². The molecule has 1 atom stereocenters. The Labute approximate surface area is 158 Å². The monoisotopic (exact) mass is 374 g/mol. The number of guanidine groups is 1. The quantitative estimate of drug-likeness (QED) is 0.294. The Morgan fingerprint density at radius 2 is 1.92 bits per heavy atom. The zero-order chi connectivity index (χ0) is 19.1. The SMILES string of the molecule is CCCCC(CNC(=O)OC(C)(C)C)NC(=NC)NCCCCSC. The van der Waals surface area contributed by atoms with E-state index in [2.05, 4.69) is 34.1 Å². The number of aliphatic imine (C=N–C) groups is 1. The number of unbranched alkanes of at least 4 members (excludes halogenated alkanes) is 2. The molecule has 0 saturated carbocycles. The Morgan fingerprint density at radius 1 is 1.20 bits per heavy atom. The summed E-state index contributed by atoms with van der Waals surface area (Å²) in [6, 6.07) is 0.130. The molecule has 0 saturated heterocycles. The maximum absolute atomic E-state index is 11.9. The number of nitrogens with zero attached hydrogens (tertiary/aromatic N) is 1. The van der Waals surface area contributed by atoms with Crippen LogP contribution in [0.25, 0.3) is 0 Å². The first kappa shape index (κ1) is 23.9. The summed E-state index contributed by atoms with van der Waals surface area (Å²) in [7, 11) is 1.77. The molecular formula is C18H38N4O2S. The van der Waals surface area contributed by atoms with Crippen molar-refractivity contribution >= 4 is 23.8 Å². The fraction of sp³-hybridized carbons (Fsp3) is 0.889. The number of hydrogen-bond acceptors (Lipinski definition) is 4. The van der Waals surface area contributed by atoms with E-state index >= 15 is 0 Å². The highest BCUT2D eigenvalue weighted by Crippen LogP contribution is 2.07. The van der Waals surface area contributed by atoms with Crippen LogP contribution in [0, 0.1) is 0 Å². The summed E-state index contributed by atoms with van der Waals surface area (Å²) in [4.78, 5) is 16.1. The Kier molecular flexibility index (Phi) is 13.5. The van der Waals surface area contributed by atoms with Gasteiger partial charge in [0.25, 0.3) is 0 Å². The molecule has 0 fully saturated rings. The van der Waals surface area contributed by atoms with Gasteiger partial charge in [-0.3, -0.25) is 4.99 Å². The Hall–Kier alpha value is -1.11. The van der Waals surface area contributed by atoms with E-state index in [1.54, 1.807) is 7.05 Å². The topological polar surface area (TPSA) is 74.8 Å². The molecule has 0 radical (unpaired) electrons. The van der Waals surface area contributed by atoms with E-state index in [-0.39, 0.29) is 12.1 Å². The van der Waals surface area contributed by atoms with Gasteiger partial charge in [-0.15, -0.1) is 0 Å². The number of carbonyl (C=O) groups excluding carboxylic acids is 1. The molecule has 148 valence electrons. The van der Waals surface area contributed by atoms with E-state index in [4.69, 9.17) is 4.74 Å². The fourth-order valence-electron chi connectivity index (χ4n) is 2.16. The molecule has 7 heteroatoms. The van der Waals surface area contributed by atoms with Gasteiger partial charge in [-0.05, 0) is 52.0 Å². The molecule has 1 unspecified atom stereocenters. The van der Waals surface area contributed by atoms with E-state index < -0.39 is 5.60 Å². The summed E-state index contributed by atoms with van der Waals surface area (Å²) in [6.07, 6.45) is 7.26. The lowest BCUT2D eigenvalue weighted by molar-refractivity contribution is 0.0523. The zero-order valence-electron chi connectivity index (χ0n) is 16.9. The van der Waals surface area contributed by atoms with Gasteiger partial charge >= 0.3 is 6.09 Å². The number of ether oxygens (including phenoxy) is 1. The molecule has 0 heterocycles. The molecule has 0 aliphatic heterocycles. The molecule has 25 heavy (non-hydrogen) atoms. The standard InChI is InChI=1S/C18H38N4O2S/c1-7-8-11-15(14-21-17(23)24-18(2,3)4)22-16(19-5)20-12-9-10-13-25-6/h15H,7-14H2,1-6H3,(H,21,23)(H2,19,20,22). The van der Waals surface area contributed by atoms with Crippen LogP contribution < -0.4 is 16.0 Å². The van der Waals surface area contributed by atoms with Crippen molar-refractivity contribution in [2.45, 2.75) is 71.4 Å². The van der Waals surface area contributed by atoms with Gasteiger partial charge in [-0.2, -0.15) is 11.8 Å². The first-order valence-corrected chi connectivity index (χ1v) is 10.6. The maximum atomic E-state index is 11.9. The Bertz CT molecular complexity index is 384. The number of rotatable bonds is 11. The predicted octanol–water partition coefficient (Wildman–Crippen LogP) is 3.38. The van der Waals surface area contributed by atoms with Crippen LogP contribution in [0.3, 0.4) is 0 Å². The average molecular weight is 375 g/mol. The summed E-state index contributed by atoms with van der Waals surface area (Å²) in [5.41, 5.74) is -0.481. The number of carbonyl (C=O) groups is 1. The van der Waals surface area contributed by atoms with E-state index in [1.165, 1.54) is 12.2 Å². The van der Waals surface area contributed by atoms with Crippen molar-refractivity contribution in [3.05, 3.63) is 0 Å². The van der Waals surface area contributed by atoms with Crippen LogP contribution in [0.15, 0.2) is 4.99 Å². The van der Waals surface area contributed by atoms with Gasteiger partial charge in [0.2, 0.25) is 0 Å². The molecule has 3 N–H and O–H groups in total. The summed E-state index contributed by atoms with van der Waals surface area (Å²) < 4.78 is 5.30. The normalized spacial score (nSPS) is 13.3. The number of amides is 1. The van der Waals surface area contributed by atoms with Crippen molar-refractivity contribution in [1.29, 1.82) is 0 Å². The smallest absolute Gasteiger partial charge is 0.407 e. The van der Waals surface area contributed by atoms with Gasteiger partial charge in [0.1, 0.15) is 5.60 Å². The summed E-state index contributed by atoms with van der Waals surface area (Å²) in [5.74, 6) is 1.98. The van der Waals surface area contributed by atoms with Gasteiger partial charge in [-0.25, -0.2) is 4.79 Å². The lowest BCUT2D eigenvalue weighted by atomic mass is 10.1. The van der Waals surface area contributed by atoms with Crippen LogP contribution in [0.1, 0.15) is 59.8 Å². The van der Waals surface area contributed by atoms with Gasteiger partial charge in [0.05, 0.1) is 0 Å². The molecule has 0 aromatic heterocycles. The van der Waals surface area contributed by atoms with Gasteiger partial charge in [0, 0.05) is 26.2 Å². The molecule has 0 bridgehead atoms. The molecule has 0 aliphatic carbocycles. The molecule has 1 amide bonds. The van der Waals surface area contributed by atoms with E-state index in [0.29, 0.717) is 6.54 Å². The third kappa shape index (κ3) is 14.9. The minimum atomic E-state index is -0.481. The largest absolute Gasteiger partial charge is 0.444 e. The number of nitrogens with one attached hydrogen (secondary N) is 3. The Morgan fingerprint density at radius 3 is 2.48 bits per heavy atom. The predicted molar refractivity (Wildman–Crippen MR) is 110 cm³/mol. The lowest BCUT2D eigenvalue weighted by Gasteiger charge is -2.24. The Balaban J connectivity index is 4.36. The fourth-order valence-corrected chi connectivity index (χ4v) is 2.66. The van der Waals surface area contributed by atoms with Gasteiger partial charge in [0.15, 0.2) is 5.96 Å². The third-order valence-corrected chi connectivity index (χ3v) is 4.13. The van der Waals surface area contributed by atoms with Crippen molar-refractivity contribution in [1.82, 2.24) is 16.0 Å². The van der Waals surface area contributed by atoms with Gasteiger partial charge < -0.3 is 20.7 Å². The average Bonchev–Trinajstić information content (AvgIpc) is 2.53.